The third-order valence-corrected chi connectivity index (χ3v) is 6.71. The van der Waals surface area contributed by atoms with Crippen LogP contribution in [0.5, 0.6) is 0 Å². The minimum Gasteiger partial charge on any atom is -0.381 e. The Hall–Kier alpha value is -1.46. The van der Waals surface area contributed by atoms with Crippen LogP contribution < -0.4 is 0 Å². The zero-order chi connectivity index (χ0) is 17.8. The molecule has 3 aliphatic heterocycles. The Kier molecular flexibility index (Phi) is 5.55. The van der Waals surface area contributed by atoms with E-state index in [1.807, 2.05) is 12.1 Å². The van der Waals surface area contributed by atoms with Crippen molar-refractivity contribution in [2.75, 3.05) is 45.9 Å². The van der Waals surface area contributed by atoms with Gasteiger partial charge in [0.2, 0.25) is 5.91 Å². The van der Waals surface area contributed by atoms with Crippen molar-refractivity contribution in [3.05, 3.63) is 30.1 Å². The molecule has 4 heterocycles. The summed E-state index contributed by atoms with van der Waals surface area (Å²) < 4.78 is 5.52. The third kappa shape index (κ3) is 4.26. The number of amides is 1. The lowest BCUT2D eigenvalue weighted by Gasteiger charge is -2.47. The zero-order valence-electron chi connectivity index (χ0n) is 15.7. The van der Waals surface area contributed by atoms with Crippen molar-refractivity contribution in [3.8, 4) is 0 Å². The van der Waals surface area contributed by atoms with Crippen molar-refractivity contribution in [2.45, 2.75) is 38.5 Å². The van der Waals surface area contributed by atoms with Gasteiger partial charge in [-0.3, -0.25) is 9.78 Å². The normalized spacial score (nSPS) is 26.3. The SMILES string of the molecule is O=C(Cc1cccnc1)N1CCC2(CCN(C[C@@H]3CCOC3)CC2)CC1. The quantitative estimate of drug-likeness (QED) is 0.830. The summed E-state index contributed by atoms with van der Waals surface area (Å²) in [5, 5.41) is 0. The van der Waals surface area contributed by atoms with Crippen LogP contribution in [0, 0.1) is 11.3 Å². The van der Waals surface area contributed by atoms with E-state index in [0.29, 0.717) is 11.8 Å². The molecule has 1 atom stereocenters. The number of nitrogens with zero attached hydrogens (tertiary/aromatic N) is 3. The number of piperidine rings is 2. The first-order valence-corrected chi connectivity index (χ1v) is 10.2. The molecule has 0 saturated carbocycles. The molecule has 5 heteroatoms. The average Bonchev–Trinajstić information content (AvgIpc) is 3.18. The first-order chi connectivity index (χ1) is 12.7. The third-order valence-electron chi connectivity index (χ3n) is 6.71. The highest BCUT2D eigenvalue weighted by Crippen LogP contribution is 2.41. The first kappa shape index (κ1) is 17.9. The van der Waals surface area contributed by atoms with Gasteiger partial charge in [0.1, 0.15) is 0 Å². The van der Waals surface area contributed by atoms with Crippen molar-refractivity contribution >= 4 is 5.91 Å². The van der Waals surface area contributed by atoms with E-state index >= 15 is 0 Å². The standard InChI is InChI=1S/C21H31N3O2/c25-20(14-18-2-1-8-22-15-18)24-11-6-21(7-12-24)4-9-23(10-5-21)16-19-3-13-26-17-19/h1-2,8,15,19H,3-7,9-14,16-17H2/t19-/m0/s1. The Morgan fingerprint density at radius 2 is 1.96 bits per heavy atom. The summed E-state index contributed by atoms with van der Waals surface area (Å²) in [6.45, 7) is 7.41. The Labute approximate surface area is 156 Å². The smallest absolute Gasteiger partial charge is 0.227 e. The topological polar surface area (TPSA) is 45.7 Å². The van der Waals surface area contributed by atoms with Gasteiger partial charge in [-0.25, -0.2) is 0 Å². The predicted octanol–water partition coefficient (Wildman–Crippen LogP) is 2.37. The number of aromatic nitrogens is 1. The number of likely N-dealkylation sites (tertiary alicyclic amines) is 2. The highest BCUT2D eigenvalue weighted by atomic mass is 16.5. The van der Waals surface area contributed by atoms with Gasteiger partial charge in [0, 0.05) is 38.6 Å². The minimum absolute atomic E-state index is 0.256. The molecule has 0 bridgehead atoms. The molecule has 1 amide bonds. The molecule has 1 aromatic rings. The van der Waals surface area contributed by atoms with Crippen molar-refractivity contribution in [1.82, 2.24) is 14.8 Å². The second-order valence-corrected chi connectivity index (χ2v) is 8.45. The van der Waals surface area contributed by atoms with E-state index in [9.17, 15) is 4.79 Å². The Morgan fingerprint density at radius 3 is 2.62 bits per heavy atom. The Balaban J connectivity index is 1.22. The number of ether oxygens (including phenoxy) is 1. The molecular weight excluding hydrogens is 326 g/mol. The van der Waals surface area contributed by atoms with Crippen LogP contribution in [0.3, 0.4) is 0 Å². The van der Waals surface area contributed by atoms with E-state index in [0.717, 1.165) is 37.8 Å². The number of pyridine rings is 1. The lowest BCUT2D eigenvalue weighted by molar-refractivity contribution is -0.133. The zero-order valence-corrected chi connectivity index (χ0v) is 15.7. The van der Waals surface area contributed by atoms with Crippen LogP contribution in [-0.2, 0) is 16.0 Å². The van der Waals surface area contributed by atoms with Crippen molar-refractivity contribution < 1.29 is 9.53 Å². The van der Waals surface area contributed by atoms with Crippen molar-refractivity contribution in [3.63, 3.8) is 0 Å². The summed E-state index contributed by atoms with van der Waals surface area (Å²) in [4.78, 5) is 21.4. The molecule has 0 unspecified atom stereocenters. The Bertz CT molecular complexity index is 583. The molecule has 3 fully saturated rings. The summed E-state index contributed by atoms with van der Waals surface area (Å²) in [5.41, 5.74) is 1.50. The maximum Gasteiger partial charge on any atom is 0.227 e. The van der Waals surface area contributed by atoms with Gasteiger partial charge in [-0.1, -0.05) is 6.07 Å². The summed E-state index contributed by atoms with van der Waals surface area (Å²) in [6.07, 6.45) is 10.2. The van der Waals surface area contributed by atoms with Crippen molar-refractivity contribution in [2.24, 2.45) is 11.3 Å². The lowest BCUT2D eigenvalue weighted by atomic mass is 9.71. The molecule has 26 heavy (non-hydrogen) atoms. The summed E-state index contributed by atoms with van der Waals surface area (Å²) in [5.74, 6) is 1.00. The first-order valence-electron chi connectivity index (χ1n) is 10.2. The van der Waals surface area contributed by atoms with Crippen LogP contribution in [0.15, 0.2) is 24.5 Å². The number of carbonyl (C=O) groups is 1. The molecular formula is C21H31N3O2. The number of hydrogen-bond donors (Lipinski definition) is 0. The fourth-order valence-electron chi connectivity index (χ4n) is 4.82. The monoisotopic (exact) mass is 357 g/mol. The molecule has 4 rings (SSSR count). The van der Waals surface area contributed by atoms with Gasteiger partial charge in [0.25, 0.3) is 0 Å². The van der Waals surface area contributed by atoms with E-state index in [1.165, 1.54) is 51.7 Å². The van der Waals surface area contributed by atoms with Gasteiger partial charge in [-0.2, -0.15) is 0 Å². The highest BCUT2D eigenvalue weighted by Gasteiger charge is 2.38. The molecule has 0 N–H and O–H groups in total. The maximum atomic E-state index is 12.6. The van der Waals surface area contributed by atoms with E-state index < -0.39 is 0 Å². The Morgan fingerprint density at radius 1 is 1.19 bits per heavy atom. The van der Waals surface area contributed by atoms with Crippen LogP contribution in [0.4, 0.5) is 0 Å². The van der Waals surface area contributed by atoms with Gasteiger partial charge < -0.3 is 14.5 Å². The molecule has 3 aliphatic rings. The number of rotatable bonds is 4. The molecule has 5 nitrogen and oxygen atoms in total. The second-order valence-electron chi connectivity index (χ2n) is 8.45. The molecule has 3 saturated heterocycles. The molecule has 1 spiro atoms. The minimum atomic E-state index is 0.256. The van der Waals surface area contributed by atoms with Gasteiger partial charge >= 0.3 is 0 Å². The summed E-state index contributed by atoms with van der Waals surface area (Å²) in [7, 11) is 0. The molecule has 0 radical (unpaired) electrons. The van der Waals surface area contributed by atoms with E-state index in [-0.39, 0.29) is 5.91 Å². The molecule has 0 aromatic carbocycles. The summed E-state index contributed by atoms with van der Waals surface area (Å²) in [6, 6.07) is 3.89. The predicted molar refractivity (Wildman–Crippen MR) is 101 cm³/mol. The fraction of sp³-hybridized carbons (Fsp3) is 0.714. The largest absolute Gasteiger partial charge is 0.381 e. The number of hydrogen-bond acceptors (Lipinski definition) is 4. The van der Waals surface area contributed by atoms with E-state index in [1.54, 1.807) is 12.4 Å². The van der Waals surface area contributed by atoms with Crippen LogP contribution >= 0.6 is 0 Å². The van der Waals surface area contributed by atoms with Gasteiger partial charge in [0.15, 0.2) is 0 Å². The maximum absolute atomic E-state index is 12.6. The molecule has 0 aliphatic carbocycles. The van der Waals surface area contributed by atoms with Crippen LogP contribution in [0.2, 0.25) is 0 Å². The highest BCUT2D eigenvalue weighted by molar-refractivity contribution is 5.78. The van der Waals surface area contributed by atoms with E-state index in [2.05, 4.69) is 14.8 Å². The second kappa shape index (κ2) is 8.05. The number of carbonyl (C=O) groups excluding carboxylic acids is 1. The van der Waals surface area contributed by atoms with Crippen molar-refractivity contribution in [1.29, 1.82) is 0 Å². The van der Waals surface area contributed by atoms with Crippen LogP contribution in [0.1, 0.15) is 37.7 Å². The molecule has 142 valence electrons. The van der Waals surface area contributed by atoms with Gasteiger partial charge in [0.05, 0.1) is 13.0 Å². The van der Waals surface area contributed by atoms with Crippen LogP contribution in [0.25, 0.3) is 0 Å². The molecule has 1 aromatic heterocycles. The summed E-state index contributed by atoms with van der Waals surface area (Å²) >= 11 is 0. The van der Waals surface area contributed by atoms with Gasteiger partial charge in [-0.05, 0) is 68.2 Å². The van der Waals surface area contributed by atoms with Crippen LogP contribution in [-0.4, -0.2) is 66.6 Å². The average molecular weight is 357 g/mol. The fourth-order valence-corrected chi connectivity index (χ4v) is 4.82. The van der Waals surface area contributed by atoms with E-state index in [4.69, 9.17) is 4.74 Å². The lowest BCUT2D eigenvalue weighted by Crippen LogP contribution is -2.49. The van der Waals surface area contributed by atoms with Gasteiger partial charge in [-0.15, -0.1) is 0 Å².